The quantitative estimate of drug-likeness (QED) is 0.0941. The SMILES string of the molecule is CSc1sc(N=CNC(=O)OC(C)(C)C)cc1S(=O)(=O)c1ccc(NC(=O)CO)c(-c2ccc([N+](=O)[O-])cc2C)c1. The number of nitrogens with one attached hydrogen (secondary N) is 2. The number of thioether (sulfide) groups is 1. The van der Waals surface area contributed by atoms with Gasteiger partial charge in [-0.2, -0.15) is 0 Å². The third-order valence-electron chi connectivity index (χ3n) is 5.33. The predicted octanol–water partition coefficient (Wildman–Crippen LogP) is 5.30. The minimum atomic E-state index is -4.11. The summed E-state index contributed by atoms with van der Waals surface area (Å²) in [5.41, 5.74) is 0.594. The highest BCUT2D eigenvalue weighted by molar-refractivity contribution is 8.01. The number of benzene rings is 2. The molecule has 1 aromatic heterocycles. The van der Waals surface area contributed by atoms with Gasteiger partial charge in [0.25, 0.3) is 5.69 Å². The zero-order chi connectivity index (χ0) is 30.5. The number of hydrogen-bond donors (Lipinski definition) is 3. The van der Waals surface area contributed by atoms with Crippen molar-refractivity contribution in [2.24, 2.45) is 4.99 Å². The number of thiophene rings is 1. The highest BCUT2D eigenvalue weighted by Gasteiger charge is 2.26. The number of nitrogens with zero attached hydrogens (tertiary/aromatic N) is 2. The van der Waals surface area contributed by atoms with Gasteiger partial charge >= 0.3 is 6.09 Å². The molecule has 218 valence electrons. The van der Waals surface area contributed by atoms with Crippen LogP contribution in [0.25, 0.3) is 11.1 Å². The second-order valence-corrected chi connectivity index (χ2v) is 13.5. The van der Waals surface area contributed by atoms with E-state index in [9.17, 15) is 33.2 Å². The van der Waals surface area contributed by atoms with Crippen molar-refractivity contribution in [1.82, 2.24) is 5.32 Å². The Morgan fingerprint density at radius 3 is 2.46 bits per heavy atom. The van der Waals surface area contributed by atoms with Crippen molar-refractivity contribution >= 4 is 67.7 Å². The van der Waals surface area contributed by atoms with E-state index in [1.807, 2.05) is 0 Å². The highest BCUT2D eigenvalue weighted by Crippen LogP contribution is 2.42. The zero-order valence-corrected chi connectivity index (χ0v) is 25.2. The molecule has 15 heteroatoms. The van der Waals surface area contributed by atoms with Gasteiger partial charge in [0.05, 0.1) is 25.3 Å². The lowest BCUT2D eigenvalue weighted by Crippen LogP contribution is -2.31. The molecule has 3 rings (SSSR count). The molecule has 0 unspecified atom stereocenters. The number of sulfone groups is 1. The molecule has 3 aromatic rings. The molecule has 0 saturated heterocycles. The van der Waals surface area contributed by atoms with Crippen molar-refractivity contribution in [3.05, 3.63) is 58.1 Å². The first-order chi connectivity index (χ1) is 19.2. The zero-order valence-electron chi connectivity index (χ0n) is 22.8. The first-order valence-electron chi connectivity index (χ1n) is 11.9. The van der Waals surface area contributed by atoms with Gasteiger partial charge in [0.2, 0.25) is 15.7 Å². The molecule has 2 aromatic carbocycles. The Morgan fingerprint density at radius 2 is 1.88 bits per heavy atom. The smallest absolute Gasteiger partial charge is 0.412 e. The number of amides is 2. The summed E-state index contributed by atoms with van der Waals surface area (Å²) in [6, 6.07) is 9.56. The molecule has 0 saturated carbocycles. The lowest BCUT2D eigenvalue weighted by molar-refractivity contribution is -0.384. The molecule has 0 aliphatic carbocycles. The summed E-state index contributed by atoms with van der Waals surface area (Å²) in [5, 5.41) is 25.7. The molecular formula is C26H28N4O8S3. The fourth-order valence-corrected chi connectivity index (χ4v) is 7.45. The molecule has 0 aliphatic rings. The fraction of sp³-hybridized carbons (Fsp3) is 0.269. The largest absolute Gasteiger partial charge is 0.444 e. The first kappa shape index (κ1) is 31.7. The molecule has 0 spiro atoms. The summed E-state index contributed by atoms with van der Waals surface area (Å²) in [5.74, 6) is -0.716. The van der Waals surface area contributed by atoms with Crippen LogP contribution in [-0.2, 0) is 19.4 Å². The summed E-state index contributed by atoms with van der Waals surface area (Å²) in [6.45, 7) is 5.98. The number of aliphatic hydroxyl groups is 1. The summed E-state index contributed by atoms with van der Waals surface area (Å²) in [4.78, 5) is 38.5. The topological polar surface area (TPSA) is 177 Å². The van der Waals surface area contributed by atoms with Gasteiger partial charge in [-0.1, -0.05) is 0 Å². The Bertz CT molecular complexity index is 1630. The van der Waals surface area contributed by atoms with Gasteiger partial charge in [0, 0.05) is 23.4 Å². The van der Waals surface area contributed by atoms with E-state index < -0.39 is 39.0 Å². The van der Waals surface area contributed by atoms with Gasteiger partial charge in [-0.25, -0.2) is 18.2 Å². The number of rotatable bonds is 9. The van der Waals surface area contributed by atoms with Crippen LogP contribution in [0.15, 0.2) is 61.5 Å². The van der Waals surface area contributed by atoms with Crippen LogP contribution in [0.5, 0.6) is 0 Å². The Balaban J connectivity index is 2.05. The second kappa shape index (κ2) is 12.8. The Labute approximate surface area is 244 Å². The maximum Gasteiger partial charge on any atom is 0.412 e. The minimum absolute atomic E-state index is 0.00191. The van der Waals surface area contributed by atoms with Crippen LogP contribution in [0.3, 0.4) is 0 Å². The van der Waals surface area contributed by atoms with Crippen molar-refractivity contribution in [3.8, 4) is 11.1 Å². The average molecular weight is 621 g/mol. The number of aryl methyl sites for hydroxylation is 1. The van der Waals surface area contributed by atoms with Crippen molar-refractivity contribution in [3.63, 3.8) is 0 Å². The van der Waals surface area contributed by atoms with E-state index in [0.717, 1.165) is 17.7 Å². The third kappa shape index (κ3) is 7.91. The number of hydrogen-bond acceptors (Lipinski definition) is 11. The minimum Gasteiger partial charge on any atom is -0.444 e. The van der Waals surface area contributed by atoms with Gasteiger partial charge in [-0.15, -0.1) is 23.1 Å². The second-order valence-electron chi connectivity index (χ2n) is 9.52. The van der Waals surface area contributed by atoms with Crippen LogP contribution >= 0.6 is 23.1 Å². The van der Waals surface area contributed by atoms with Crippen LogP contribution in [0.1, 0.15) is 26.3 Å². The van der Waals surface area contributed by atoms with Crippen LogP contribution in [0.4, 0.5) is 21.2 Å². The standard InChI is InChI=1S/C26H28N4O8S3/c1-15-10-16(30(34)35)6-8-18(15)19-11-17(7-9-20(19)29-22(32)13-31)41(36,37)21-12-23(40-24(21)39-5)27-14-28-25(33)38-26(2,3)4/h6-12,14,31H,13H2,1-5H3,(H,29,32)(H,27,28,33). The molecule has 0 bridgehead atoms. The summed E-state index contributed by atoms with van der Waals surface area (Å²) in [6.07, 6.45) is 2.13. The highest BCUT2D eigenvalue weighted by atomic mass is 32.2. The van der Waals surface area contributed by atoms with Crippen LogP contribution in [0, 0.1) is 17.0 Å². The van der Waals surface area contributed by atoms with E-state index in [2.05, 4.69) is 15.6 Å². The molecule has 1 heterocycles. The first-order valence-corrected chi connectivity index (χ1v) is 15.4. The van der Waals surface area contributed by atoms with E-state index in [1.165, 1.54) is 54.2 Å². The number of non-ortho nitro benzene ring substituents is 1. The fourth-order valence-electron chi connectivity index (χ4n) is 3.60. The van der Waals surface area contributed by atoms with Crippen molar-refractivity contribution in [2.45, 2.75) is 47.3 Å². The van der Waals surface area contributed by atoms with Gasteiger partial charge < -0.3 is 15.2 Å². The molecule has 41 heavy (non-hydrogen) atoms. The number of carbonyl (C=O) groups is 2. The predicted molar refractivity (Wildman–Crippen MR) is 158 cm³/mol. The lowest BCUT2D eigenvalue weighted by Gasteiger charge is -2.18. The summed E-state index contributed by atoms with van der Waals surface area (Å²) in [7, 11) is -4.11. The number of aliphatic hydroxyl groups excluding tert-OH is 1. The maximum absolute atomic E-state index is 13.8. The summed E-state index contributed by atoms with van der Waals surface area (Å²) >= 11 is 2.32. The average Bonchev–Trinajstić information content (AvgIpc) is 3.32. The van der Waals surface area contributed by atoms with Crippen LogP contribution in [-0.4, -0.2) is 55.3 Å². The van der Waals surface area contributed by atoms with Gasteiger partial charge in [0.15, 0.2) is 0 Å². The number of ether oxygens (including phenoxy) is 1. The number of carbonyl (C=O) groups excluding carboxylic acids is 2. The number of anilines is 1. The van der Waals surface area contributed by atoms with E-state index >= 15 is 0 Å². The van der Waals surface area contributed by atoms with Crippen molar-refractivity contribution < 1.29 is 32.8 Å². The molecule has 12 nitrogen and oxygen atoms in total. The van der Waals surface area contributed by atoms with E-state index in [-0.39, 0.29) is 21.2 Å². The van der Waals surface area contributed by atoms with Gasteiger partial charge in [-0.05, 0) is 75.4 Å². The Morgan fingerprint density at radius 1 is 1.17 bits per heavy atom. The number of nitro benzene ring substituents is 1. The normalized spacial score (nSPS) is 11.9. The molecule has 2 amide bonds. The molecule has 3 N–H and O–H groups in total. The molecule has 0 radical (unpaired) electrons. The van der Waals surface area contributed by atoms with E-state index in [4.69, 9.17) is 4.74 Å². The molecule has 0 atom stereocenters. The lowest BCUT2D eigenvalue weighted by atomic mass is 9.98. The van der Waals surface area contributed by atoms with E-state index in [1.54, 1.807) is 34.0 Å². The number of alkyl carbamates (subject to hydrolysis) is 1. The number of nitro groups is 1. The Kier molecular flexibility index (Phi) is 9.91. The monoisotopic (exact) mass is 620 g/mol. The van der Waals surface area contributed by atoms with E-state index in [0.29, 0.717) is 25.9 Å². The van der Waals surface area contributed by atoms with Crippen molar-refractivity contribution in [2.75, 3.05) is 18.2 Å². The van der Waals surface area contributed by atoms with Gasteiger partial charge in [-0.3, -0.25) is 20.2 Å². The van der Waals surface area contributed by atoms with Crippen LogP contribution in [0.2, 0.25) is 0 Å². The molecule has 0 aliphatic heterocycles. The summed E-state index contributed by atoms with van der Waals surface area (Å²) < 4.78 is 33.2. The third-order valence-corrected chi connectivity index (χ3v) is 9.54. The molecule has 0 fully saturated rings. The van der Waals surface area contributed by atoms with Gasteiger partial charge in [0.1, 0.15) is 17.2 Å². The molecular weight excluding hydrogens is 593 g/mol. The number of aliphatic imine (C=N–C) groups is 1. The Hall–Kier alpha value is -3.79. The van der Waals surface area contributed by atoms with Crippen LogP contribution < -0.4 is 10.6 Å². The van der Waals surface area contributed by atoms with Crippen molar-refractivity contribution in [1.29, 1.82) is 0 Å². The maximum atomic E-state index is 13.8.